The van der Waals surface area contributed by atoms with Crippen molar-refractivity contribution >= 4 is 29.1 Å². The summed E-state index contributed by atoms with van der Waals surface area (Å²) < 4.78 is 0. The molecule has 0 fully saturated rings. The summed E-state index contributed by atoms with van der Waals surface area (Å²) in [6.45, 7) is 3.68. The largest absolute Gasteiger partial charge is 0.399 e. The van der Waals surface area contributed by atoms with E-state index in [-0.39, 0.29) is 0 Å². The Morgan fingerprint density at radius 1 is 1.50 bits per heavy atom. The molecule has 1 aromatic rings. The molecule has 0 aromatic heterocycles. The van der Waals surface area contributed by atoms with Crippen LogP contribution in [0.2, 0.25) is 5.02 Å². The number of anilines is 1. The molecule has 14 heavy (non-hydrogen) atoms. The van der Waals surface area contributed by atoms with Gasteiger partial charge in [-0.1, -0.05) is 17.7 Å². The Morgan fingerprint density at radius 3 is 2.93 bits per heavy atom. The maximum atomic E-state index is 6.02. The molecule has 1 aromatic carbocycles. The fourth-order valence-electron chi connectivity index (χ4n) is 1.04. The molecule has 0 spiro atoms. The number of rotatable bonds is 5. The quantitative estimate of drug-likeness (QED) is 0.356. The van der Waals surface area contributed by atoms with Crippen molar-refractivity contribution in [2.45, 2.75) is 17.7 Å². The van der Waals surface area contributed by atoms with Crippen molar-refractivity contribution in [3.05, 3.63) is 35.9 Å². The van der Waals surface area contributed by atoms with Crippen molar-refractivity contribution < 1.29 is 0 Å². The number of unbranched alkanes of at least 4 members (excludes halogenated alkanes) is 1. The van der Waals surface area contributed by atoms with Crippen LogP contribution >= 0.6 is 23.4 Å². The van der Waals surface area contributed by atoms with Crippen LogP contribution in [0, 0.1) is 0 Å². The average Bonchev–Trinajstić information content (AvgIpc) is 2.15. The van der Waals surface area contributed by atoms with E-state index in [1.807, 2.05) is 18.2 Å². The first-order chi connectivity index (χ1) is 6.74. The smallest absolute Gasteiger partial charge is 0.0562 e. The number of benzene rings is 1. The second-order valence-corrected chi connectivity index (χ2v) is 4.51. The number of thioether (sulfide) groups is 1. The molecule has 0 unspecified atom stereocenters. The van der Waals surface area contributed by atoms with E-state index < -0.39 is 0 Å². The average molecular weight is 228 g/mol. The molecule has 0 aliphatic carbocycles. The molecule has 0 aliphatic heterocycles. The Morgan fingerprint density at radius 2 is 2.29 bits per heavy atom. The molecule has 0 atom stereocenters. The number of hydrogen-bond donors (Lipinski definition) is 1. The Bertz CT molecular complexity index is 312. The summed E-state index contributed by atoms with van der Waals surface area (Å²) in [5.41, 5.74) is 6.31. The molecule has 0 bridgehead atoms. The lowest BCUT2D eigenvalue weighted by Gasteiger charge is -2.03. The normalized spacial score (nSPS) is 10.1. The topological polar surface area (TPSA) is 26.0 Å². The van der Waals surface area contributed by atoms with E-state index in [1.54, 1.807) is 17.8 Å². The minimum absolute atomic E-state index is 0.713. The van der Waals surface area contributed by atoms with Gasteiger partial charge in [0.05, 0.1) is 5.02 Å². The molecule has 1 rings (SSSR count). The Labute approximate surface area is 94.3 Å². The maximum absolute atomic E-state index is 6.02. The van der Waals surface area contributed by atoms with E-state index in [0.717, 1.165) is 28.5 Å². The highest BCUT2D eigenvalue weighted by atomic mass is 35.5. The zero-order valence-electron chi connectivity index (χ0n) is 8.00. The molecule has 0 saturated carbocycles. The summed E-state index contributed by atoms with van der Waals surface area (Å²) in [7, 11) is 0. The third-order valence-corrected chi connectivity index (χ3v) is 3.35. The monoisotopic (exact) mass is 227 g/mol. The maximum Gasteiger partial charge on any atom is 0.0562 e. The zero-order chi connectivity index (χ0) is 10.4. The number of hydrogen-bond acceptors (Lipinski definition) is 2. The molecule has 2 N–H and O–H groups in total. The van der Waals surface area contributed by atoms with Gasteiger partial charge in [-0.2, -0.15) is 0 Å². The highest BCUT2D eigenvalue weighted by Crippen LogP contribution is 2.29. The lowest BCUT2D eigenvalue weighted by molar-refractivity contribution is 0.974. The van der Waals surface area contributed by atoms with Gasteiger partial charge in [-0.15, -0.1) is 18.3 Å². The van der Waals surface area contributed by atoms with Gasteiger partial charge in [-0.25, -0.2) is 0 Å². The van der Waals surface area contributed by atoms with E-state index in [4.69, 9.17) is 17.3 Å². The molecule has 0 radical (unpaired) electrons. The van der Waals surface area contributed by atoms with Gasteiger partial charge >= 0.3 is 0 Å². The third-order valence-electron chi connectivity index (χ3n) is 1.77. The first kappa shape index (κ1) is 11.5. The fraction of sp³-hybridized carbons (Fsp3) is 0.273. The van der Waals surface area contributed by atoms with Crippen LogP contribution in [0.25, 0.3) is 0 Å². The first-order valence-corrected chi connectivity index (χ1v) is 5.89. The Kier molecular flexibility index (Phi) is 4.91. The van der Waals surface area contributed by atoms with Gasteiger partial charge < -0.3 is 5.73 Å². The second-order valence-electron chi connectivity index (χ2n) is 2.97. The summed E-state index contributed by atoms with van der Waals surface area (Å²) in [6, 6.07) is 5.63. The SMILES string of the molecule is C=CCCCSc1ccc(N)cc1Cl. The summed E-state index contributed by atoms with van der Waals surface area (Å²) in [4.78, 5) is 1.10. The van der Waals surface area contributed by atoms with Crippen molar-refractivity contribution in [2.75, 3.05) is 11.5 Å². The number of nitrogens with two attached hydrogens (primary N) is 1. The number of halogens is 1. The van der Waals surface area contributed by atoms with Gasteiger partial charge in [0.2, 0.25) is 0 Å². The van der Waals surface area contributed by atoms with Gasteiger partial charge in [-0.3, -0.25) is 0 Å². The molecule has 76 valence electrons. The van der Waals surface area contributed by atoms with Crippen molar-refractivity contribution in [1.29, 1.82) is 0 Å². The molecule has 1 nitrogen and oxygen atoms in total. The van der Waals surface area contributed by atoms with Crippen LogP contribution in [0.3, 0.4) is 0 Å². The van der Waals surface area contributed by atoms with Crippen LogP contribution in [-0.4, -0.2) is 5.75 Å². The van der Waals surface area contributed by atoms with Crippen LogP contribution in [0.4, 0.5) is 5.69 Å². The van der Waals surface area contributed by atoms with Crippen LogP contribution in [0.15, 0.2) is 35.7 Å². The van der Waals surface area contributed by atoms with E-state index in [1.165, 1.54) is 0 Å². The lowest BCUT2D eigenvalue weighted by atomic mass is 10.3. The van der Waals surface area contributed by atoms with E-state index in [9.17, 15) is 0 Å². The predicted molar refractivity (Wildman–Crippen MR) is 66.0 cm³/mol. The van der Waals surface area contributed by atoms with Gasteiger partial charge in [0.25, 0.3) is 0 Å². The van der Waals surface area contributed by atoms with Gasteiger partial charge in [-0.05, 0) is 36.8 Å². The summed E-state index contributed by atoms with van der Waals surface area (Å²) in [5.74, 6) is 1.07. The summed E-state index contributed by atoms with van der Waals surface area (Å²) >= 11 is 7.78. The van der Waals surface area contributed by atoms with Crippen LogP contribution in [0.5, 0.6) is 0 Å². The fourth-order valence-corrected chi connectivity index (χ4v) is 2.29. The van der Waals surface area contributed by atoms with E-state index in [2.05, 4.69) is 6.58 Å². The molecular formula is C11H14ClNS. The van der Waals surface area contributed by atoms with Crippen molar-refractivity contribution in [1.82, 2.24) is 0 Å². The summed E-state index contributed by atoms with van der Waals surface area (Å²) in [6.07, 6.45) is 4.12. The van der Waals surface area contributed by atoms with Crippen molar-refractivity contribution in [2.24, 2.45) is 0 Å². The Hall–Kier alpha value is -0.600. The second kappa shape index (κ2) is 5.99. The highest BCUT2D eigenvalue weighted by Gasteiger charge is 2.00. The first-order valence-electron chi connectivity index (χ1n) is 4.52. The van der Waals surface area contributed by atoms with Crippen LogP contribution in [0.1, 0.15) is 12.8 Å². The van der Waals surface area contributed by atoms with E-state index >= 15 is 0 Å². The number of nitrogen functional groups attached to an aromatic ring is 1. The standard InChI is InChI=1S/C11H14ClNS/c1-2-3-4-7-14-11-6-5-9(13)8-10(11)12/h2,5-6,8H,1,3-4,7,13H2. The van der Waals surface area contributed by atoms with Gasteiger partial charge in [0.15, 0.2) is 0 Å². The Balaban J connectivity index is 2.46. The number of allylic oxidation sites excluding steroid dienone is 1. The highest BCUT2D eigenvalue weighted by molar-refractivity contribution is 7.99. The van der Waals surface area contributed by atoms with Crippen molar-refractivity contribution in [3.8, 4) is 0 Å². The van der Waals surface area contributed by atoms with Gasteiger partial charge in [0.1, 0.15) is 0 Å². The molecule has 3 heteroatoms. The molecule has 0 amide bonds. The van der Waals surface area contributed by atoms with Crippen LogP contribution < -0.4 is 5.73 Å². The molecule has 0 saturated heterocycles. The van der Waals surface area contributed by atoms with Crippen LogP contribution in [-0.2, 0) is 0 Å². The molecule has 0 aliphatic rings. The summed E-state index contributed by atoms with van der Waals surface area (Å²) in [5, 5.41) is 0.744. The third kappa shape index (κ3) is 3.64. The predicted octanol–water partition coefficient (Wildman–Crippen LogP) is 3.98. The minimum atomic E-state index is 0.713. The van der Waals surface area contributed by atoms with Gasteiger partial charge in [0, 0.05) is 10.6 Å². The zero-order valence-corrected chi connectivity index (χ0v) is 9.57. The molecule has 0 heterocycles. The van der Waals surface area contributed by atoms with Crippen molar-refractivity contribution in [3.63, 3.8) is 0 Å². The minimum Gasteiger partial charge on any atom is -0.399 e. The van der Waals surface area contributed by atoms with E-state index in [0.29, 0.717) is 5.69 Å². The molecular weight excluding hydrogens is 214 g/mol. The lowest BCUT2D eigenvalue weighted by Crippen LogP contribution is -1.85.